The number of hydrogen-bond donors (Lipinski definition) is 0. The average Bonchev–Trinajstić information content (AvgIpc) is 2.37. The minimum absolute atomic E-state index is 0.0832. The number of benzene rings is 1. The van der Waals surface area contributed by atoms with E-state index in [1.54, 1.807) is 11.8 Å². The van der Waals surface area contributed by atoms with Crippen molar-refractivity contribution >= 4 is 29.3 Å². The van der Waals surface area contributed by atoms with Crippen LogP contribution in [0.25, 0.3) is 0 Å². The summed E-state index contributed by atoms with van der Waals surface area (Å²) in [5.74, 6) is 0.696. The van der Waals surface area contributed by atoms with Gasteiger partial charge in [-0.3, -0.25) is 4.79 Å². The Hall–Kier alpha value is -0.670. The van der Waals surface area contributed by atoms with Crippen LogP contribution in [0.15, 0.2) is 29.2 Å². The van der Waals surface area contributed by atoms with E-state index in [9.17, 15) is 4.79 Å². The van der Waals surface area contributed by atoms with Crippen molar-refractivity contribution in [1.82, 2.24) is 0 Å². The molecule has 2 nitrogen and oxygen atoms in total. The van der Waals surface area contributed by atoms with Gasteiger partial charge in [-0.1, -0.05) is 31.4 Å². The summed E-state index contributed by atoms with van der Waals surface area (Å²) in [6.07, 6.45) is 3.69. The van der Waals surface area contributed by atoms with Crippen molar-refractivity contribution in [2.24, 2.45) is 0 Å². The number of thioether (sulfide) groups is 1. The number of halogens is 1. The van der Waals surface area contributed by atoms with Gasteiger partial charge in [0.25, 0.3) is 0 Å². The second-order valence-corrected chi connectivity index (χ2v) is 5.58. The van der Waals surface area contributed by atoms with E-state index in [-0.39, 0.29) is 5.97 Å². The van der Waals surface area contributed by atoms with Gasteiger partial charge in [0.2, 0.25) is 0 Å². The summed E-state index contributed by atoms with van der Waals surface area (Å²) in [6.45, 7) is 2.59. The molecule has 0 aliphatic carbocycles. The van der Waals surface area contributed by atoms with Gasteiger partial charge in [-0.05, 0) is 30.7 Å². The Kier molecular flexibility index (Phi) is 7.94. The molecule has 18 heavy (non-hydrogen) atoms. The van der Waals surface area contributed by atoms with Crippen LogP contribution in [0.3, 0.4) is 0 Å². The maximum absolute atomic E-state index is 11.3. The molecule has 0 amide bonds. The summed E-state index contributed by atoms with van der Waals surface area (Å²) in [7, 11) is 0. The van der Waals surface area contributed by atoms with Gasteiger partial charge in [0.05, 0.1) is 0 Å². The zero-order chi connectivity index (χ0) is 13.2. The van der Waals surface area contributed by atoms with E-state index in [4.69, 9.17) is 16.3 Å². The second kappa shape index (κ2) is 9.29. The highest BCUT2D eigenvalue weighted by atomic mass is 35.5. The minimum atomic E-state index is -0.0832. The maximum atomic E-state index is 11.3. The molecule has 1 aromatic rings. The predicted molar refractivity (Wildman–Crippen MR) is 77.3 cm³/mol. The van der Waals surface area contributed by atoms with Crippen LogP contribution in [0, 0.1) is 0 Å². The number of esters is 1. The van der Waals surface area contributed by atoms with Gasteiger partial charge < -0.3 is 4.74 Å². The summed E-state index contributed by atoms with van der Waals surface area (Å²) in [5.41, 5.74) is 0. The molecule has 0 aliphatic heterocycles. The molecule has 0 bridgehead atoms. The zero-order valence-corrected chi connectivity index (χ0v) is 12.2. The topological polar surface area (TPSA) is 26.3 Å². The molecule has 0 radical (unpaired) electrons. The number of carbonyl (C=O) groups is 1. The number of unbranched alkanes of at least 4 members (excludes halogenated alkanes) is 2. The van der Waals surface area contributed by atoms with Gasteiger partial charge in [0.15, 0.2) is 0 Å². The van der Waals surface area contributed by atoms with Crippen LogP contribution in [0.4, 0.5) is 0 Å². The molecule has 0 spiro atoms. The third-order valence-electron chi connectivity index (χ3n) is 2.41. The predicted octanol–water partition coefficient (Wildman–Crippen LogP) is 4.56. The summed E-state index contributed by atoms with van der Waals surface area (Å²) >= 11 is 7.46. The Bertz CT molecular complexity index is 351. The largest absolute Gasteiger partial charge is 0.465 e. The molecular formula is C14H19ClO2S. The van der Waals surface area contributed by atoms with Crippen molar-refractivity contribution < 1.29 is 9.53 Å². The number of hydrogen-bond acceptors (Lipinski definition) is 3. The Balaban J connectivity index is 2.07. The lowest BCUT2D eigenvalue weighted by Crippen LogP contribution is -2.06. The highest BCUT2D eigenvalue weighted by Crippen LogP contribution is 2.19. The second-order valence-electron chi connectivity index (χ2n) is 3.98. The van der Waals surface area contributed by atoms with Gasteiger partial charge in [-0.15, -0.1) is 11.8 Å². The fourth-order valence-corrected chi connectivity index (χ4v) is 2.29. The number of ether oxygens (including phenoxy) is 1. The van der Waals surface area contributed by atoms with Crippen LogP contribution in [0.1, 0.15) is 32.6 Å². The van der Waals surface area contributed by atoms with Crippen molar-refractivity contribution in [2.75, 3.05) is 12.4 Å². The van der Waals surface area contributed by atoms with Gasteiger partial charge >= 0.3 is 5.97 Å². The lowest BCUT2D eigenvalue weighted by Gasteiger charge is -2.04. The summed E-state index contributed by atoms with van der Waals surface area (Å²) in [6, 6.07) is 7.66. The third-order valence-corrected chi connectivity index (χ3v) is 3.64. The lowest BCUT2D eigenvalue weighted by molar-refractivity contribution is -0.143. The quantitative estimate of drug-likeness (QED) is 0.398. The minimum Gasteiger partial charge on any atom is -0.465 e. The highest BCUT2D eigenvalue weighted by Gasteiger charge is 2.02. The number of carbonyl (C=O) groups excluding carboxylic acids is 1. The first kappa shape index (κ1) is 15.4. The van der Waals surface area contributed by atoms with E-state index < -0.39 is 0 Å². The number of rotatable bonds is 8. The van der Waals surface area contributed by atoms with Crippen molar-refractivity contribution in [3.05, 3.63) is 29.3 Å². The van der Waals surface area contributed by atoms with Gasteiger partial charge in [-0.25, -0.2) is 0 Å². The van der Waals surface area contributed by atoms with Gasteiger partial charge in [-0.2, -0.15) is 0 Å². The Labute approximate surface area is 118 Å². The zero-order valence-electron chi connectivity index (χ0n) is 10.7. The molecule has 0 saturated heterocycles. The Morgan fingerprint density at radius 2 is 2.00 bits per heavy atom. The van der Waals surface area contributed by atoms with Crippen molar-refractivity contribution in [3.63, 3.8) is 0 Å². The monoisotopic (exact) mass is 286 g/mol. The first-order valence-electron chi connectivity index (χ1n) is 6.26. The molecule has 4 heteroatoms. The van der Waals surface area contributed by atoms with Crippen LogP contribution >= 0.6 is 23.4 Å². The molecule has 0 aliphatic rings. The van der Waals surface area contributed by atoms with Crippen LogP contribution in [0.5, 0.6) is 0 Å². The normalized spacial score (nSPS) is 10.3. The SMILES string of the molecule is CCCCCC(=O)OCCSc1ccc(Cl)cc1. The highest BCUT2D eigenvalue weighted by molar-refractivity contribution is 7.99. The molecule has 0 atom stereocenters. The molecule has 0 heterocycles. The maximum Gasteiger partial charge on any atom is 0.305 e. The summed E-state index contributed by atoms with van der Waals surface area (Å²) in [4.78, 5) is 12.5. The van der Waals surface area contributed by atoms with Crippen LogP contribution in [-0.4, -0.2) is 18.3 Å². The Morgan fingerprint density at radius 1 is 1.28 bits per heavy atom. The molecule has 0 N–H and O–H groups in total. The van der Waals surface area contributed by atoms with Crippen molar-refractivity contribution in [2.45, 2.75) is 37.5 Å². The molecular weight excluding hydrogens is 268 g/mol. The first-order valence-corrected chi connectivity index (χ1v) is 7.62. The van der Waals surface area contributed by atoms with Crippen LogP contribution in [0.2, 0.25) is 5.02 Å². The molecule has 1 aromatic carbocycles. The van der Waals surface area contributed by atoms with E-state index >= 15 is 0 Å². The summed E-state index contributed by atoms with van der Waals surface area (Å²) < 4.78 is 5.15. The molecule has 0 aromatic heterocycles. The molecule has 0 fully saturated rings. The fourth-order valence-electron chi connectivity index (χ4n) is 1.44. The molecule has 0 saturated carbocycles. The van der Waals surface area contributed by atoms with Gasteiger partial charge in [0.1, 0.15) is 6.61 Å². The molecule has 1 rings (SSSR count). The Morgan fingerprint density at radius 3 is 2.67 bits per heavy atom. The fraction of sp³-hybridized carbons (Fsp3) is 0.500. The van der Waals surface area contributed by atoms with Crippen LogP contribution < -0.4 is 0 Å². The van der Waals surface area contributed by atoms with Crippen molar-refractivity contribution in [1.29, 1.82) is 0 Å². The molecule has 0 unspecified atom stereocenters. The summed E-state index contributed by atoms with van der Waals surface area (Å²) in [5, 5.41) is 0.738. The van der Waals surface area contributed by atoms with Crippen LogP contribution in [-0.2, 0) is 9.53 Å². The van der Waals surface area contributed by atoms with Crippen molar-refractivity contribution in [3.8, 4) is 0 Å². The third kappa shape index (κ3) is 6.92. The standard InChI is InChI=1S/C14H19ClO2S/c1-2-3-4-5-14(16)17-10-11-18-13-8-6-12(15)7-9-13/h6-9H,2-5,10-11H2,1H3. The smallest absolute Gasteiger partial charge is 0.305 e. The van der Waals surface area contributed by atoms with E-state index in [1.165, 1.54) is 0 Å². The van der Waals surface area contributed by atoms with Gasteiger partial charge in [0, 0.05) is 22.1 Å². The van der Waals surface area contributed by atoms with E-state index in [2.05, 4.69) is 6.92 Å². The average molecular weight is 287 g/mol. The lowest BCUT2D eigenvalue weighted by atomic mass is 10.2. The van der Waals surface area contributed by atoms with E-state index in [0.29, 0.717) is 13.0 Å². The first-order chi connectivity index (χ1) is 8.72. The van der Waals surface area contributed by atoms with E-state index in [0.717, 1.165) is 34.9 Å². The molecule has 100 valence electrons. The van der Waals surface area contributed by atoms with E-state index in [1.807, 2.05) is 24.3 Å².